The average molecular weight is 436 g/mol. The number of hydrogen-bond donors (Lipinski definition) is 3. The van der Waals surface area contributed by atoms with Gasteiger partial charge < -0.3 is 25.6 Å². The normalized spacial score (nSPS) is 14.8. The van der Waals surface area contributed by atoms with E-state index in [4.69, 9.17) is 4.74 Å². The summed E-state index contributed by atoms with van der Waals surface area (Å²) in [5.74, 6) is -5.93. The van der Waals surface area contributed by atoms with Crippen molar-refractivity contribution in [2.45, 2.75) is 6.10 Å². The predicted octanol–water partition coefficient (Wildman–Crippen LogP) is 1.17. The summed E-state index contributed by atoms with van der Waals surface area (Å²) in [7, 11) is 1.47. The number of anilines is 2. The van der Waals surface area contributed by atoms with Gasteiger partial charge in [0.25, 0.3) is 5.91 Å². The van der Waals surface area contributed by atoms with E-state index in [-0.39, 0.29) is 19.0 Å². The lowest BCUT2D eigenvalue weighted by Gasteiger charge is -2.34. The summed E-state index contributed by atoms with van der Waals surface area (Å²) < 4.78 is 45.5. The third kappa shape index (κ3) is 5.05. The topological polar surface area (TPSA) is 99.8 Å². The van der Waals surface area contributed by atoms with Crippen molar-refractivity contribution in [3.63, 3.8) is 0 Å². The Morgan fingerprint density at radius 3 is 2.55 bits per heavy atom. The Morgan fingerprint density at radius 2 is 1.81 bits per heavy atom. The van der Waals surface area contributed by atoms with Crippen molar-refractivity contribution in [3.05, 3.63) is 53.8 Å². The number of nitrogens with zero attached hydrogens (tertiary/aromatic N) is 1. The van der Waals surface area contributed by atoms with E-state index in [0.29, 0.717) is 17.5 Å². The molecule has 8 nitrogen and oxygen atoms in total. The first-order chi connectivity index (χ1) is 14.8. The molecule has 1 aliphatic heterocycles. The summed E-state index contributed by atoms with van der Waals surface area (Å²) in [6, 6.07) is 8.41. The molecule has 0 saturated carbocycles. The van der Waals surface area contributed by atoms with Crippen LogP contribution in [0.25, 0.3) is 0 Å². The van der Waals surface area contributed by atoms with Gasteiger partial charge in [-0.25, -0.2) is 13.2 Å². The molecule has 164 valence electrons. The Hall–Kier alpha value is -3.76. The van der Waals surface area contributed by atoms with Crippen molar-refractivity contribution >= 4 is 29.1 Å². The molecule has 0 saturated heterocycles. The van der Waals surface area contributed by atoms with Crippen molar-refractivity contribution in [1.82, 2.24) is 10.6 Å². The number of amides is 3. The van der Waals surface area contributed by atoms with E-state index >= 15 is 0 Å². The molecule has 2 aromatic carbocycles. The van der Waals surface area contributed by atoms with Crippen molar-refractivity contribution in [1.29, 1.82) is 0 Å². The largest absolute Gasteiger partial charge is 0.477 e. The van der Waals surface area contributed by atoms with Crippen LogP contribution in [0.15, 0.2) is 36.4 Å². The van der Waals surface area contributed by atoms with Gasteiger partial charge in [-0.3, -0.25) is 14.4 Å². The first-order valence-corrected chi connectivity index (χ1v) is 9.22. The molecule has 3 N–H and O–H groups in total. The summed E-state index contributed by atoms with van der Waals surface area (Å²) in [6.07, 6.45) is -0.827. The Balaban J connectivity index is 1.59. The zero-order chi connectivity index (χ0) is 22.5. The van der Waals surface area contributed by atoms with Crippen LogP contribution in [-0.4, -0.2) is 50.5 Å². The van der Waals surface area contributed by atoms with Gasteiger partial charge in [0, 0.05) is 7.05 Å². The first kappa shape index (κ1) is 21.9. The van der Waals surface area contributed by atoms with E-state index in [1.54, 1.807) is 29.2 Å². The molecule has 0 unspecified atom stereocenters. The third-order valence-electron chi connectivity index (χ3n) is 4.49. The van der Waals surface area contributed by atoms with Crippen molar-refractivity contribution in [3.8, 4) is 5.75 Å². The minimum atomic E-state index is -1.71. The van der Waals surface area contributed by atoms with Crippen LogP contribution >= 0.6 is 0 Å². The molecule has 3 rings (SSSR count). The number of nitrogens with one attached hydrogen (secondary N) is 3. The monoisotopic (exact) mass is 436 g/mol. The van der Waals surface area contributed by atoms with E-state index in [9.17, 15) is 27.6 Å². The molecule has 0 spiro atoms. The maximum atomic E-state index is 13.6. The Bertz CT molecular complexity index is 1020. The lowest BCUT2D eigenvalue weighted by Crippen LogP contribution is -2.51. The molecule has 11 heteroatoms. The van der Waals surface area contributed by atoms with Gasteiger partial charge in [-0.05, 0) is 24.3 Å². The Kier molecular flexibility index (Phi) is 6.63. The standard InChI is InChI=1S/C20H19F3N4O4/c1-24-20(30)15-9-27(13-4-2-3-5-14(13)31-15)10-17(29)25-8-16(28)26-12-7-6-11(21)18(22)19(12)23/h2-7,15H,8-10H2,1H3,(H,24,30)(H,25,29)(H,26,28)/t15-/m0/s1. The number of halogens is 3. The second kappa shape index (κ2) is 9.37. The highest BCUT2D eigenvalue weighted by Gasteiger charge is 2.31. The van der Waals surface area contributed by atoms with Gasteiger partial charge in [-0.15, -0.1) is 0 Å². The molecule has 0 radical (unpaired) electrons. The molecule has 0 fully saturated rings. The molecule has 1 heterocycles. The van der Waals surface area contributed by atoms with E-state index in [2.05, 4.69) is 16.0 Å². The van der Waals surface area contributed by atoms with Crippen molar-refractivity contribution in [2.24, 2.45) is 0 Å². The van der Waals surface area contributed by atoms with Crippen LogP contribution < -0.4 is 25.6 Å². The fourth-order valence-electron chi connectivity index (χ4n) is 2.98. The molecule has 1 aliphatic rings. The lowest BCUT2D eigenvalue weighted by molar-refractivity contribution is -0.127. The number of benzene rings is 2. The molecule has 3 amide bonds. The fraction of sp³-hybridized carbons (Fsp3) is 0.250. The van der Waals surface area contributed by atoms with Crippen LogP contribution in [0, 0.1) is 17.5 Å². The van der Waals surface area contributed by atoms with Gasteiger partial charge in [0.15, 0.2) is 23.6 Å². The lowest BCUT2D eigenvalue weighted by atomic mass is 10.1. The van der Waals surface area contributed by atoms with Crippen LogP contribution in [0.5, 0.6) is 5.75 Å². The van der Waals surface area contributed by atoms with E-state index in [1.165, 1.54) is 7.05 Å². The molecule has 0 aromatic heterocycles. The van der Waals surface area contributed by atoms with Gasteiger partial charge in [-0.1, -0.05) is 12.1 Å². The van der Waals surface area contributed by atoms with Gasteiger partial charge in [0.05, 0.1) is 31.0 Å². The van der Waals surface area contributed by atoms with E-state index in [0.717, 1.165) is 6.07 Å². The molecular weight excluding hydrogens is 417 g/mol. The first-order valence-electron chi connectivity index (χ1n) is 9.22. The summed E-state index contributed by atoms with van der Waals surface area (Å²) in [4.78, 5) is 37.9. The number of likely N-dealkylation sites (N-methyl/N-ethyl adjacent to an activating group) is 1. The number of para-hydroxylation sites is 2. The number of carbonyl (C=O) groups excluding carboxylic acids is 3. The number of ether oxygens (including phenoxy) is 1. The SMILES string of the molecule is CNC(=O)[C@@H]1CN(CC(=O)NCC(=O)Nc2ccc(F)c(F)c2F)c2ccccc2O1. The van der Waals surface area contributed by atoms with Crippen LogP contribution in [0.3, 0.4) is 0 Å². The molecule has 2 aromatic rings. The summed E-state index contributed by atoms with van der Waals surface area (Å²) in [6.45, 7) is -0.598. The van der Waals surface area contributed by atoms with Gasteiger partial charge >= 0.3 is 0 Å². The summed E-state index contributed by atoms with van der Waals surface area (Å²) in [5.41, 5.74) is 0.0554. The van der Waals surface area contributed by atoms with Crippen LogP contribution in [-0.2, 0) is 14.4 Å². The van der Waals surface area contributed by atoms with Crippen molar-refractivity contribution in [2.75, 3.05) is 36.9 Å². The maximum Gasteiger partial charge on any atom is 0.262 e. The van der Waals surface area contributed by atoms with E-state index in [1.807, 2.05) is 0 Å². The molecular formula is C20H19F3N4O4. The summed E-state index contributed by atoms with van der Waals surface area (Å²) >= 11 is 0. The highest BCUT2D eigenvalue weighted by atomic mass is 19.2. The van der Waals surface area contributed by atoms with Crippen LogP contribution in [0.2, 0.25) is 0 Å². The highest BCUT2D eigenvalue weighted by molar-refractivity contribution is 5.95. The third-order valence-corrected chi connectivity index (χ3v) is 4.49. The zero-order valence-corrected chi connectivity index (χ0v) is 16.4. The Morgan fingerprint density at radius 1 is 1.06 bits per heavy atom. The second-order valence-corrected chi connectivity index (χ2v) is 6.62. The van der Waals surface area contributed by atoms with Crippen LogP contribution in [0.4, 0.5) is 24.5 Å². The molecule has 0 aliphatic carbocycles. The van der Waals surface area contributed by atoms with Gasteiger partial charge in [-0.2, -0.15) is 0 Å². The number of fused-ring (bicyclic) bond motifs is 1. The van der Waals surface area contributed by atoms with Gasteiger partial charge in [0.1, 0.15) is 5.75 Å². The average Bonchev–Trinajstić information content (AvgIpc) is 2.77. The van der Waals surface area contributed by atoms with Gasteiger partial charge in [0.2, 0.25) is 11.8 Å². The van der Waals surface area contributed by atoms with E-state index < -0.39 is 47.6 Å². The second-order valence-electron chi connectivity index (χ2n) is 6.62. The zero-order valence-electron chi connectivity index (χ0n) is 16.4. The quantitative estimate of drug-likeness (QED) is 0.591. The van der Waals surface area contributed by atoms with Crippen LogP contribution in [0.1, 0.15) is 0 Å². The smallest absolute Gasteiger partial charge is 0.262 e. The predicted molar refractivity (Wildman–Crippen MR) is 105 cm³/mol. The fourth-order valence-corrected chi connectivity index (χ4v) is 2.98. The minimum Gasteiger partial charge on any atom is -0.477 e. The Labute approximate surface area is 175 Å². The number of rotatable bonds is 6. The molecule has 0 bridgehead atoms. The minimum absolute atomic E-state index is 0.108. The van der Waals surface area contributed by atoms with Crippen molar-refractivity contribution < 1.29 is 32.3 Å². The maximum absolute atomic E-state index is 13.6. The molecule has 1 atom stereocenters. The molecule has 31 heavy (non-hydrogen) atoms. The number of hydrogen-bond acceptors (Lipinski definition) is 5. The number of carbonyl (C=O) groups is 3. The summed E-state index contributed by atoms with van der Waals surface area (Å²) in [5, 5.41) is 6.91. The highest BCUT2D eigenvalue weighted by Crippen LogP contribution is 2.32.